The lowest BCUT2D eigenvalue weighted by atomic mass is 10.0. The summed E-state index contributed by atoms with van der Waals surface area (Å²) in [7, 11) is 0. The Hall–Kier alpha value is -1.17. The first-order valence-electron chi connectivity index (χ1n) is 4.57. The van der Waals surface area contributed by atoms with Crippen LogP contribution in [0.5, 0.6) is 0 Å². The number of nitrogens with two attached hydrogens (primary N) is 1. The van der Waals surface area contributed by atoms with E-state index in [1.807, 2.05) is 0 Å². The molecule has 0 bridgehead atoms. The van der Waals surface area contributed by atoms with E-state index in [1.165, 1.54) is 0 Å². The van der Waals surface area contributed by atoms with Gasteiger partial charge in [0.2, 0.25) is 0 Å². The van der Waals surface area contributed by atoms with Gasteiger partial charge in [-0.15, -0.1) is 0 Å². The molecule has 1 unspecified atom stereocenters. The Morgan fingerprint density at radius 1 is 1.19 bits per heavy atom. The molecular formula is C10H10F5N. The van der Waals surface area contributed by atoms with Gasteiger partial charge in [0.25, 0.3) is 0 Å². The molecule has 0 heterocycles. The van der Waals surface area contributed by atoms with Crippen molar-refractivity contribution < 1.29 is 22.0 Å². The van der Waals surface area contributed by atoms with Gasteiger partial charge in [-0.25, -0.2) is 8.78 Å². The molecule has 2 N–H and O–H groups in total. The van der Waals surface area contributed by atoms with Crippen molar-refractivity contribution in [1.82, 2.24) is 0 Å². The highest BCUT2D eigenvalue weighted by molar-refractivity contribution is 5.18. The van der Waals surface area contributed by atoms with Gasteiger partial charge in [-0.1, -0.05) is 6.07 Å². The van der Waals surface area contributed by atoms with E-state index in [9.17, 15) is 22.0 Å². The molecule has 0 aliphatic carbocycles. The molecule has 1 atom stereocenters. The van der Waals surface area contributed by atoms with Crippen LogP contribution in [0.25, 0.3) is 0 Å². The Bertz CT molecular complexity index is 361. The second kappa shape index (κ2) is 4.78. The first-order chi connectivity index (χ1) is 7.30. The van der Waals surface area contributed by atoms with Gasteiger partial charge in [-0.05, 0) is 24.5 Å². The van der Waals surface area contributed by atoms with Crippen LogP contribution in [0.1, 0.15) is 12.0 Å². The van der Waals surface area contributed by atoms with E-state index in [0.717, 1.165) is 12.1 Å². The Morgan fingerprint density at radius 3 is 2.31 bits per heavy atom. The lowest BCUT2D eigenvalue weighted by Gasteiger charge is -2.15. The van der Waals surface area contributed by atoms with Crippen molar-refractivity contribution in [2.45, 2.75) is 25.1 Å². The van der Waals surface area contributed by atoms with Crippen molar-refractivity contribution in [3.63, 3.8) is 0 Å². The van der Waals surface area contributed by atoms with Crippen LogP contribution in [0.4, 0.5) is 22.0 Å². The molecular weight excluding hydrogens is 229 g/mol. The number of aryl methyl sites for hydroxylation is 1. The Labute approximate surface area is 89.1 Å². The summed E-state index contributed by atoms with van der Waals surface area (Å²) in [6.07, 6.45) is -5.09. The zero-order chi connectivity index (χ0) is 12.3. The van der Waals surface area contributed by atoms with Gasteiger partial charge in [0.1, 0.15) is 17.7 Å². The molecule has 0 aliphatic heterocycles. The highest BCUT2D eigenvalue weighted by atomic mass is 19.4. The molecule has 0 saturated heterocycles. The summed E-state index contributed by atoms with van der Waals surface area (Å²) in [6, 6.07) is 0.761. The fraction of sp³-hybridized carbons (Fsp3) is 0.400. The van der Waals surface area contributed by atoms with Gasteiger partial charge in [0.05, 0.1) is 0 Å². The molecule has 1 aromatic carbocycles. The number of halogens is 5. The van der Waals surface area contributed by atoms with Gasteiger partial charge in [-0.2, -0.15) is 13.2 Å². The molecule has 90 valence electrons. The van der Waals surface area contributed by atoms with E-state index < -0.39 is 30.3 Å². The summed E-state index contributed by atoms with van der Waals surface area (Å²) in [5.74, 6) is -1.62. The van der Waals surface area contributed by atoms with Crippen LogP contribution in [0.15, 0.2) is 18.2 Å². The zero-order valence-corrected chi connectivity index (χ0v) is 8.19. The van der Waals surface area contributed by atoms with E-state index in [1.54, 1.807) is 0 Å². The molecule has 0 aromatic heterocycles. The van der Waals surface area contributed by atoms with Gasteiger partial charge in [0.15, 0.2) is 0 Å². The lowest BCUT2D eigenvalue weighted by molar-refractivity contribution is -0.148. The minimum absolute atomic E-state index is 0.0288. The smallest absolute Gasteiger partial charge is 0.320 e. The number of hydrogen-bond donors (Lipinski definition) is 1. The largest absolute Gasteiger partial charge is 0.403 e. The van der Waals surface area contributed by atoms with E-state index in [0.29, 0.717) is 6.07 Å². The Balaban J connectivity index is 2.62. The van der Waals surface area contributed by atoms with Crippen molar-refractivity contribution in [1.29, 1.82) is 0 Å². The van der Waals surface area contributed by atoms with E-state index in [2.05, 4.69) is 0 Å². The maximum Gasteiger partial charge on any atom is 0.403 e. The predicted octanol–water partition coefficient (Wildman–Crippen LogP) is 2.79. The van der Waals surface area contributed by atoms with Crippen molar-refractivity contribution in [3.05, 3.63) is 35.4 Å². The Kier molecular flexibility index (Phi) is 3.85. The van der Waals surface area contributed by atoms with Crippen molar-refractivity contribution in [2.24, 2.45) is 5.73 Å². The molecule has 0 radical (unpaired) electrons. The summed E-state index contributed by atoms with van der Waals surface area (Å²) < 4.78 is 61.6. The standard InChI is InChI=1S/C10H10F5N/c11-7-3-1-6(8(12)5-7)2-4-9(16)10(13,14)15/h1,3,5,9H,2,4,16H2. The molecule has 0 aliphatic rings. The lowest BCUT2D eigenvalue weighted by Crippen LogP contribution is -2.37. The molecule has 1 nitrogen and oxygen atoms in total. The average molecular weight is 239 g/mol. The van der Waals surface area contributed by atoms with Crippen molar-refractivity contribution in [2.75, 3.05) is 0 Å². The van der Waals surface area contributed by atoms with Gasteiger partial charge in [0, 0.05) is 6.07 Å². The summed E-state index contributed by atoms with van der Waals surface area (Å²) in [5, 5.41) is 0. The number of benzene rings is 1. The van der Waals surface area contributed by atoms with E-state index in [-0.39, 0.29) is 12.0 Å². The predicted molar refractivity (Wildman–Crippen MR) is 48.7 cm³/mol. The number of alkyl halides is 3. The first kappa shape index (κ1) is 12.9. The van der Waals surface area contributed by atoms with Crippen LogP contribution in [0, 0.1) is 11.6 Å². The van der Waals surface area contributed by atoms with Gasteiger partial charge >= 0.3 is 6.18 Å². The fourth-order valence-corrected chi connectivity index (χ4v) is 1.20. The van der Waals surface area contributed by atoms with Crippen LogP contribution in [-0.2, 0) is 6.42 Å². The third-order valence-electron chi connectivity index (χ3n) is 2.16. The topological polar surface area (TPSA) is 26.0 Å². The molecule has 16 heavy (non-hydrogen) atoms. The maximum absolute atomic E-state index is 13.0. The quantitative estimate of drug-likeness (QED) is 0.806. The summed E-state index contributed by atoms with van der Waals surface area (Å²) >= 11 is 0. The summed E-state index contributed by atoms with van der Waals surface area (Å²) in [4.78, 5) is 0. The Morgan fingerprint density at radius 2 is 1.81 bits per heavy atom. The highest BCUT2D eigenvalue weighted by Crippen LogP contribution is 2.22. The second-order valence-electron chi connectivity index (χ2n) is 3.42. The SMILES string of the molecule is NC(CCc1ccc(F)cc1F)C(F)(F)F. The first-order valence-corrected chi connectivity index (χ1v) is 4.57. The third-order valence-corrected chi connectivity index (χ3v) is 2.16. The maximum atomic E-state index is 13.0. The zero-order valence-electron chi connectivity index (χ0n) is 8.19. The molecule has 0 amide bonds. The van der Waals surface area contributed by atoms with Crippen LogP contribution in [0.2, 0.25) is 0 Å². The highest BCUT2D eigenvalue weighted by Gasteiger charge is 2.36. The third kappa shape index (κ3) is 3.44. The summed E-state index contributed by atoms with van der Waals surface area (Å²) in [5.41, 5.74) is 4.89. The molecule has 1 rings (SSSR count). The van der Waals surface area contributed by atoms with Crippen LogP contribution in [-0.4, -0.2) is 12.2 Å². The van der Waals surface area contributed by atoms with Crippen LogP contribution in [0.3, 0.4) is 0 Å². The molecule has 0 spiro atoms. The summed E-state index contributed by atoms with van der Waals surface area (Å²) in [6.45, 7) is 0. The van der Waals surface area contributed by atoms with E-state index >= 15 is 0 Å². The van der Waals surface area contributed by atoms with Gasteiger partial charge in [-0.3, -0.25) is 0 Å². The van der Waals surface area contributed by atoms with Crippen molar-refractivity contribution in [3.8, 4) is 0 Å². The van der Waals surface area contributed by atoms with E-state index in [4.69, 9.17) is 5.73 Å². The molecule has 1 aromatic rings. The molecule has 0 saturated carbocycles. The normalized spacial score (nSPS) is 13.9. The van der Waals surface area contributed by atoms with Gasteiger partial charge < -0.3 is 5.73 Å². The second-order valence-corrected chi connectivity index (χ2v) is 3.42. The van der Waals surface area contributed by atoms with Crippen molar-refractivity contribution >= 4 is 0 Å². The van der Waals surface area contributed by atoms with Crippen LogP contribution < -0.4 is 5.73 Å². The average Bonchev–Trinajstić information content (AvgIpc) is 2.14. The minimum atomic E-state index is -4.49. The number of rotatable bonds is 3. The van der Waals surface area contributed by atoms with Crippen LogP contribution >= 0.6 is 0 Å². The fourth-order valence-electron chi connectivity index (χ4n) is 1.20. The molecule has 6 heteroatoms. The molecule has 0 fully saturated rings. The number of hydrogen-bond acceptors (Lipinski definition) is 1. The monoisotopic (exact) mass is 239 g/mol. The minimum Gasteiger partial charge on any atom is -0.320 e.